The maximum atomic E-state index is 14.5. The second-order valence-corrected chi connectivity index (χ2v) is 9.90. The second kappa shape index (κ2) is 11.2. The minimum absolute atomic E-state index is 0.154. The molecule has 1 aromatic rings. The lowest BCUT2D eigenvalue weighted by atomic mass is 9.89. The number of nitrogens with two attached hydrogens (primary N) is 1. The highest BCUT2D eigenvalue weighted by molar-refractivity contribution is 6.39. The Balaban J connectivity index is 2.56. The van der Waals surface area contributed by atoms with Crippen molar-refractivity contribution in [2.24, 2.45) is 5.41 Å². The van der Waals surface area contributed by atoms with Crippen molar-refractivity contribution in [3.63, 3.8) is 0 Å². The number of rotatable bonds is 11. The molecule has 0 amide bonds. The van der Waals surface area contributed by atoms with Crippen molar-refractivity contribution >= 4 is 28.9 Å². The van der Waals surface area contributed by atoms with E-state index < -0.39 is 28.2 Å². The first kappa shape index (κ1) is 27.3. The molecule has 1 atom stereocenters. The SMILES string of the molecule is CC(C)(C)CCCCCCCCCOC(C)(c1cc(Cl)c(N)c(Cl)c1F)C(F)(F)F. The summed E-state index contributed by atoms with van der Waals surface area (Å²) in [5, 5.41) is -0.884. The van der Waals surface area contributed by atoms with Crippen molar-refractivity contribution in [2.45, 2.75) is 90.8 Å². The Morgan fingerprint density at radius 3 is 1.90 bits per heavy atom. The number of nitrogen functional groups attached to an aromatic ring is 1. The van der Waals surface area contributed by atoms with Crippen LogP contribution in [0.25, 0.3) is 0 Å². The van der Waals surface area contributed by atoms with Crippen LogP contribution < -0.4 is 5.73 Å². The van der Waals surface area contributed by atoms with Crippen LogP contribution in [0.15, 0.2) is 6.07 Å². The maximum absolute atomic E-state index is 14.5. The van der Waals surface area contributed by atoms with Crippen LogP contribution in [-0.2, 0) is 10.3 Å². The van der Waals surface area contributed by atoms with Gasteiger partial charge in [0, 0.05) is 12.2 Å². The Morgan fingerprint density at radius 2 is 1.40 bits per heavy atom. The molecular weight excluding hydrogens is 441 g/mol. The van der Waals surface area contributed by atoms with Gasteiger partial charge in [-0.3, -0.25) is 0 Å². The lowest BCUT2D eigenvalue weighted by Gasteiger charge is -2.33. The number of hydrogen-bond donors (Lipinski definition) is 1. The first-order chi connectivity index (χ1) is 13.7. The monoisotopic (exact) mass is 473 g/mol. The molecule has 0 radical (unpaired) electrons. The predicted molar refractivity (Wildman–Crippen MR) is 117 cm³/mol. The van der Waals surface area contributed by atoms with Gasteiger partial charge >= 0.3 is 6.18 Å². The summed E-state index contributed by atoms with van der Waals surface area (Å²) in [5.74, 6) is -1.27. The number of halogens is 6. The van der Waals surface area contributed by atoms with Crippen LogP contribution in [0.5, 0.6) is 0 Å². The van der Waals surface area contributed by atoms with E-state index in [9.17, 15) is 17.6 Å². The minimum Gasteiger partial charge on any atom is -0.396 e. The van der Waals surface area contributed by atoms with E-state index in [1.54, 1.807) is 0 Å². The van der Waals surface area contributed by atoms with Crippen LogP contribution in [0.2, 0.25) is 10.0 Å². The molecule has 1 aromatic carbocycles. The topological polar surface area (TPSA) is 35.2 Å². The van der Waals surface area contributed by atoms with Gasteiger partial charge < -0.3 is 10.5 Å². The maximum Gasteiger partial charge on any atom is 0.421 e. The summed E-state index contributed by atoms with van der Waals surface area (Å²) >= 11 is 11.5. The van der Waals surface area contributed by atoms with E-state index in [-0.39, 0.29) is 17.3 Å². The summed E-state index contributed by atoms with van der Waals surface area (Å²) < 4.78 is 60.9. The molecule has 0 saturated heterocycles. The van der Waals surface area contributed by atoms with Crippen molar-refractivity contribution in [3.05, 3.63) is 27.5 Å². The standard InChI is InChI=1S/C22H33Cl2F4NO/c1-20(2,3)12-10-8-6-5-7-9-11-13-30-21(4,22(26,27)28)15-14-16(23)19(29)17(24)18(15)25/h14H,5-13,29H2,1-4H3. The van der Waals surface area contributed by atoms with Crippen LogP contribution in [0.4, 0.5) is 23.2 Å². The van der Waals surface area contributed by atoms with Crippen molar-refractivity contribution in [1.82, 2.24) is 0 Å². The molecule has 0 heterocycles. The molecule has 0 aliphatic carbocycles. The zero-order valence-corrected chi connectivity index (χ0v) is 19.7. The highest BCUT2D eigenvalue weighted by Gasteiger charge is 2.55. The minimum atomic E-state index is -4.86. The number of alkyl halides is 3. The van der Waals surface area contributed by atoms with Gasteiger partial charge in [0.15, 0.2) is 5.60 Å². The molecule has 0 aromatic heterocycles. The second-order valence-electron chi connectivity index (χ2n) is 9.11. The summed E-state index contributed by atoms with van der Waals surface area (Å²) in [6, 6.07) is 0.836. The fraction of sp³-hybridized carbons (Fsp3) is 0.727. The van der Waals surface area contributed by atoms with E-state index in [4.69, 9.17) is 33.7 Å². The fourth-order valence-electron chi connectivity index (χ4n) is 3.19. The van der Waals surface area contributed by atoms with Gasteiger partial charge in [0.05, 0.1) is 10.7 Å². The Kier molecular flexibility index (Phi) is 10.2. The van der Waals surface area contributed by atoms with E-state index in [1.165, 1.54) is 12.8 Å². The Hall–Kier alpha value is -0.720. The van der Waals surface area contributed by atoms with Crippen LogP contribution in [-0.4, -0.2) is 12.8 Å². The zero-order valence-electron chi connectivity index (χ0n) is 18.2. The van der Waals surface area contributed by atoms with E-state index in [2.05, 4.69) is 20.8 Å². The van der Waals surface area contributed by atoms with Crippen molar-refractivity contribution in [3.8, 4) is 0 Å². The summed E-state index contributed by atoms with van der Waals surface area (Å²) in [6.07, 6.45) is 2.96. The number of benzene rings is 1. The molecule has 0 aliphatic heterocycles. The summed E-state index contributed by atoms with van der Waals surface area (Å²) in [4.78, 5) is 0. The molecule has 0 spiro atoms. The molecule has 0 aliphatic rings. The van der Waals surface area contributed by atoms with Gasteiger partial charge in [-0.25, -0.2) is 4.39 Å². The van der Waals surface area contributed by atoms with Gasteiger partial charge in [-0.05, 0) is 31.2 Å². The Labute approximate surface area is 187 Å². The Morgan fingerprint density at radius 1 is 0.900 bits per heavy atom. The predicted octanol–water partition coefficient (Wildman–Crippen LogP) is 8.68. The van der Waals surface area contributed by atoms with Crippen LogP contribution in [0.1, 0.15) is 84.6 Å². The molecular formula is C22H33Cl2F4NO. The quantitative estimate of drug-likeness (QED) is 0.151. The van der Waals surface area contributed by atoms with E-state index in [1.807, 2.05) is 0 Å². The van der Waals surface area contributed by atoms with E-state index in [0.29, 0.717) is 11.8 Å². The van der Waals surface area contributed by atoms with Crippen LogP contribution in [0, 0.1) is 11.2 Å². The fourth-order valence-corrected chi connectivity index (χ4v) is 3.64. The third-order valence-corrected chi connectivity index (χ3v) is 5.89. The average molecular weight is 474 g/mol. The summed E-state index contributed by atoms with van der Waals surface area (Å²) in [5.41, 5.74) is 1.91. The molecule has 30 heavy (non-hydrogen) atoms. The number of anilines is 1. The van der Waals surface area contributed by atoms with E-state index in [0.717, 1.165) is 45.1 Å². The Bertz CT molecular complexity index is 689. The first-order valence-corrected chi connectivity index (χ1v) is 11.1. The van der Waals surface area contributed by atoms with Crippen molar-refractivity contribution in [2.75, 3.05) is 12.3 Å². The molecule has 0 bridgehead atoms. The van der Waals surface area contributed by atoms with Crippen molar-refractivity contribution in [1.29, 1.82) is 0 Å². The number of unbranched alkanes of at least 4 members (excludes halogenated alkanes) is 6. The molecule has 1 unspecified atom stereocenters. The third kappa shape index (κ3) is 7.76. The van der Waals surface area contributed by atoms with Crippen molar-refractivity contribution < 1.29 is 22.3 Å². The van der Waals surface area contributed by atoms with Crippen LogP contribution in [0.3, 0.4) is 0 Å². The molecule has 2 N–H and O–H groups in total. The van der Waals surface area contributed by atoms with Gasteiger partial charge in [-0.1, -0.05) is 82.5 Å². The zero-order chi connectivity index (χ0) is 23.2. The van der Waals surface area contributed by atoms with Gasteiger partial charge in [-0.2, -0.15) is 13.2 Å². The lowest BCUT2D eigenvalue weighted by Crippen LogP contribution is -2.43. The molecule has 2 nitrogen and oxygen atoms in total. The smallest absolute Gasteiger partial charge is 0.396 e. The molecule has 1 rings (SSSR count). The highest BCUT2D eigenvalue weighted by Crippen LogP contribution is 2.46. The number of hydrogen-bond acceptors (Lipinski definition) is 2. The number of ether oxygens (including phenoxy) is 1. The van der Waals surface area contributed by atoms with Gasteiger partial charge in [0.2, 0.25) is 0 Å². The van der Waals surface area contributed by atoms with E-state index >= 15 is 0 Å². The van der Waals surface area contributed by atoms with Gasteiger partial charge in [0.1, 0.15) is 10.8 Å². The highest BCUT2D eigenvalue weighted by atomic mass is 35.5. The first-order valence-electron chi connectivity index (χ1n) is 10.3. The lowest BCUT2D eigenvalue weighted by molar-refractivity contribution is -0.278. The normalized spacial score (nSPS) is 14.7. The largest absolute Gasteiger partial charge is 0.421 e. The molecule has 0 saturated carbocycles. The molecule has 8 heteroatoms. The molecule has 0 fully saturated rings. The van der Waals surface area contributed by atoms with Crippen LogP contribution >= 0.6 is 23.2 Å². The summed E-state index contributed by atoms with van der Waals surface area (Å²) in [6.45, 7) is 7.29. The average Bonchev–Trinajstić information content (AvgIpc) is 2.62. The third-order valence-electron chi connectivity index (χ3n) is 5.21. The van der Waals surface area contributed by atoms with Gasteiger partial charge in [-0.15, -0.1) is 0 Å². The molecule has 174 valence electrons. The van der Waals surface area contributed by atoms with Gasteiger partial charge in [0.25, 0.3) is 0 Å². The summed E-state index contributed by atoms with van der Waals surface area (Å²) in [7, 11) is 0.